The fourth-order valence-electron chi connectivity index (χ4n) is 5.66. The first-order chi connectivity index (χ1) is 16.7. The molecule has 2 aliphatic heterocycles. The van der Waals surface area contributed by atoms with Gasteiger partial charge >= 0.3 is 6.36 Å². The molecule has 36 heavy (non-hydrogen) atoms. The van der Waals surface area contributed by atoms with E-state index in [0.29, 0.717) is 25.9 Å². The molecule has 1 saturated carbocycles. The number of ketones is 1. The summed E-state index contributed by atoms with van der Waals surface area (Å²) in [5, 5.41) is 15.7. The second kappa shape index (κ2) is 11.0. The largest absolute Gasteiger partial charge is 0.522 e. The van der Waals surface area contributed by atoms with Crippen molar-refractivity contribution in [2.45, 2.75) is 83.8 Å². The Balaban J connectivity index is 1.78. The van der Waals surface area contributed by atoms with Crippen LogP contribution in [0.5, 0.6) is 0 Å². The molecule has 3 N–H and O–H groups in total. The minimum absolute atomic E-state index is 0.0647. The van der Waals surface area contributed by atoms with E-state index >= 15 is 0 Å². The Morgan fingerprint density at radius 1 is 1.19 bits per heavy atom. The van der Waals surface area contributed by atoms with Crippen LogP contribution in [0.25, 0.3) is 0 Å². The molecule has 3 fully saturated rings. The summed E-state index contributed by atoms with van der Waals surface area (Å²) in [5.74, 6) is -3.33. The van der Waals surface area contributed by atoms with Gasteiger partial charge in [0.1, 0.15) is 18.8 Å². The summed E-state index contributed by atoms with van der Waals surface area (Å²) in [4.78, 5) is 52.7. The van der Waals surface area contributed by atoms with Gasteiger partial charge in [0, 0.05) is 19.0 Å². The van der Waals surface area contributed by atoms with E-state index in [0.717, 1.165) is 12.8 Å². The van der Waals surface area contributed by atoms with Gasteiger partial charge in [-0.1, -0.05) is 27.2 Å². The van der Waals surface area contributed by atoms with Gasteiger partial charge in [-0.25, -0.2) is 0 Å². The number of aliphatic hydroxyl groups is 1. The zero-order valence-electron chi connectivity index (χ0n) is 20.9. The van der Waals surface area contributed by atoms with Crippen molar-refractivity contribution in [2.24, 2.45) is 23.2 Å². The van der Waals surface area contributed by atoms with Crippen LogP contribution in [0, 0.1) is 23.2 Å². The lowest BCUT2D eigenvalue weighted by atomic mass is 9.88. The highest BCUT2D eigenvalue weighted by atomic mass is 19.4. The van der Waals surface area contributed by atoms with Crippen LogP contribution < -0.4 is 10.6 Å². The van der Waals surface area contributed by atoms with E-state index in [1.807, 2.05) is 20.8 Å². The number of carbonyl (C=O) groups excluding carboxylic acids is 4. The summed E-state index contributed by atoms with van der Waals surface area (Å²) >= 11 is 0. The molecule has 3 amide bonds. The highest BCUT2D eigenvalue weighted by Crippen LogP contribution is 2.43. The van der Waals surface area contributed by atoms with Crippen molar-refractivity contribution in [2.75, 3.05) is 19.7 Å². The Morgan fingerprint density at radius 2 is 1.89 bits per heavy atom. The fourth-order valence-corrected chi connectivity index (χ4v) is 5.66. The quantitative estimate of drug-likeness (QED) is 0.424. The van der Waals surface area contributed by atoms with E-state index in [1.54, 1.807) is 0 Å². The summed E-state index contributed by atoms with van der Waals surface area (Å²) < 4.78 is 41.3. The fraction of sp³-hybridized carbons (Fsp3) is 0.833. The number of alkyl halides is 3. The maximum Gasteiger partial charge on any atom is 0.522 e. The molecule has 3 aliphatic rings. The molecule has 3 rings (SSSR count). The van der Waals surface area contributed by atoms with E-state index in [2.05, 4.69) is 15.4 Å². The minimum Gasteiger partial charge on any atom is -0.383 e. The number of nitrogens with one attached hydrogen (secondary N) is 2. The first-order valence-electron chi connectivity index (χ1n) is 12.5. The Kier molecular flexibility index (Phi) is 8.70. The molecular formula is C24H36F3N3O6. The van der Waals surface area contributed by atoms with Gasteiger partial charge in [0.15, 0.2) is 5.78 Å². The molecule has 0 radical (unpaired) electrons. The zero-order chi connectivity index (χ0) is 26.8. The van der Waals surface area contributed by atoms with Crippen molar-refractivity contribution in [3.05, 3.63) is 0 Å². The van der Waals surface area contributed by atoms with Crippen LogP contribution in [-0.4, -0.2) is 77.8 Å². The SMILES string of the molecule is CC(C)(C)CC(O)C(=O)N1CC2CCCC2C1C(=O)NC(CC1CCNC1=O)C(=O)COC(F)(F)F. The molecule has 0 aromatic rings. The van der Waals surface area contributed by atoms with E-state index < -0.39 is 54.7 Å². The predicted octanol–water partition coefficient (Wildman–Crippen LogP) is 1.53. The molecule has 9 nitrogen and oxygen atoms in total. The highest BCUT2D eigenvalue weighted by Gasteiger charge is 2.51. The van der Waals surface area contributed by atoms with Crippen LogP contribution in [0.1, 0.15) is 59.3 Å². The van der Waals surface area contributed by atoms with Gasteiger partial charge in [-0.05, 0) is 49.4 Å². The number of likely N-dealkylation sites (tertiary alicyclic amines) is 1. The number of aliphatic hydroxyl groups excluding tert-OH is 1. The standard InChI is InChI=1S/C24H36F3N3O6/c1-23(2,3)10-17(31)22(35)30-11-14-5-4-6-15(14)19(30)21(34)29-16(9-13-7-8-28-20(13)33)18(32)12-36-24(25,26)27/h13-17,19,31H,4-12H2,1-3H3,(H,28,33)(H,29,34). The number of fused-ring (bicyclic) bond motifs is 1. The van der Waals surface area contributed by atoms with Crippen molar-refractivity contribution in [1.82, 2.24) is 15.5 Å². The second-order valence-corrected chi connectivity index (χ2v) is 11.3. The van der Waals surface area contributed by atoms with Gasteiger partial charge in [-0.15, -0.1) is 13.2 Å². The van der Waals surface area contributed by atoms with E-state index in [4.69, 9.17) is 0 Å². The second-order valence-electron chi connectivity index (χ2n) is 11.3. The maximum absolute atomic E-state index is 13.5. The smallest absolute Gasteiger partial charge is 0.383 e. The van der Waals surface area contributed by atoms with Gasteiger partial charge in [0.2, 0.25) is 11.8 Å². The topological polar surface area (TPSA) is 125 Å². The van der Waals surface area contributed by atoms with Crippen molar-refractivity contribution in [1.29, 1.82) is 0 Å². The normalized spacial score (nSPS) is 28.0. The Bertz CT molecular complexity index is 859. The number of hydrogen-bond donors (Lipinski definition) is 3. The molecule has 6 unspecified atom stereocenters. The first-order valence-corrected chi connectivity index (χ1v) is 12.5. The summed E-state index contributed by atoms with van der Waals surface area (Å²) in [5.41, 5.74) is -0.333. The van der Waals surface area contributed by atoms with Crippen LogP contribution in [0.15, 0.2) is 0 Å². The van der Waals surface area contributed by atoms with Gasteiger partial charge in [0.25, 0.3) is 5.91 Å². The van der Waals surface area contributed by atoms with E-state index in [1.165, 1.54) is 4.90 Å². The average Bonchev–Trinajstić information content (AvgIpc) is 3.45. The third-order valence-electron chi connectivity index (χ3n) is 7.30. The summed E-state index contributed by atoms with van der Waals surface area (Å²) in [7, 11) is 0. The monoisotopic (exact) mass is 519 g/mol. The Labute approximate surface area is 208 Å². The van der Waals surface area contributed by atoms with Crippen molar-refractivity contribution >= 4 is 23.5 Å². The van der Waals surface area contributed by atoms with Gasteiger partial charge in [-0.3, -0.25) is 23.9 Å². The van der Waals surface area contributed by atoms with Crippen LogP contribution >= 0.6 is 0 Å². The Morgan fingerprint density at radius 3 is 2.47 bits per heavy atom. The van der Waals surface area contributed by atoms with Crippen molar-refractivity contribution in [3.63, 3.8) is 0 Å². The molecule has 2 saturated heterocycles. The summed E-state index contributed by atoms with van der Waals surface area (Å²) in [6, 6.07) is -2.33. The van der Waals surface area contributed by atoms with Crippen LogP contribution in [0.3, 0.4) is 0 Å². The minimum atomic E-state index is -5.02. The molecule has 12 heteroatoms. The van der Waals surface area contributed by atoms with Crippen LogP contribution in [0.4, 0.5) is 13.2 Å². The van der Waals surface area contributed by atoms with E-state index in [9.17, 15) is 37.5 Å². The van der Waals surface area contributed by atoms with Gasteiger partial charge in [0.05, 0.1) is 6.04 Å². The molecule has 1 aliphatic carbocycles. The third-order valence-corrected chi connectivity index (χ3v) is 7.30. The van der Waals surface area contributed by atoms with Gasteiger partial charge in [-0.2, -0.15) is 0 Å². The number of carbonyl (C=O) groups is 4. The molecular weight excluding hydrogens is 483 g/mol. The molecule has 0 aromatic carbocycles. The molecule has 0 spiro atoms. The number of nitrogens with zero attached hydrogens (tertiary/aromatic N) is 1. The predicted molar refractivity (Wildman–Crippen MR) is 121 cm³/mol. The molecule has 204 valence electrons. The van der Waals surface area contributed by atoms with Crippen LogP contribution in [0.2, 0.25) is 0 Å². The number of amides is 3. The number of Topliss-reactive ketones (excluding diaryl/α,β-unsaturated/α-hetero) is 1. The van der Waals surface area contributed by atoms with Crippen LogP contribution in [-0.2, 0) is 23.9 Å². The third kappa shape index (κ3) is 7.18. The number of hydrogen-bond acceptors (Lipinski definition) is 6. The molecule has 6 atom stereocenters. The Hall–Kier alpha value is -2.21. The van der Waals surface area contributed by atoms with Gasteiger partial charge < -0.3 is 20.6 Å². The number of rotatable bonds is 9. The average molecular weight is 520 g/mol. The van der Waals surface area contributed by atoms with Crippen molar-refractivity contribution < 1.29 is 42.2 Å². The lowest BCUT2D eigenvalue weighted by Gasteiger charge is -2.32. The first kappa shape index (κ1) is 28.4. The highest BCUT2D eigenvalue weighted by molar-refractivity contribution is 5.95. The van der Waals surface area contributed by atoms with E-state index in [-0.39, 0.29) is 36.0 Å². The number of halogens is 3. The maximum atomic E-state index is 13.5. The zero-order valence-corrected chi connectivity index (χ0v) is 20.9. The number of ether oxygens (including phenoxy) is 1. The van der Waals surface area contributed by atoms with Crippen molar-refractivity contribution in [3.8, 4) is 0 Å². The summed E-state index contributed by atoms with van der Waals surface area (Å²) in [6.45, 7) is 5.01. The molecule has 2 heterocycles. The molecule has 0 bridgehead atoms. The molecule has 0 aromatic heterocycles. The summed E-state index contributed by atoms with van der Waals surface area (Å²) in [6.07, 6.45) is -3.55. The lowest BCUT2D eigenvalue weighted by molar-refractivity contribution is -0.321. The lowest BCUT2D eigenvalue weighted by Crippen LogP contribution is -2.55.